The third-order valence-corrected chi connectivity index (χ3v) is 6.02. The second kappa shape index (κ2) is 11.4. The van der Waals surface area contributed by atoms with E-state index >= 15 is 0 Å². The van der Waals surface area contributed by atoms with E-state index < -0.39 is 0 Å². The fraction of sp³-hybridized carbons (Fsp3) is 0.538. The van der Waals surface area contributed by atoms with Gasteiger partial charge in [-0.25, -0.2) is 0 Å². The van der Waals surface area contributed by atoms with Gasteiger partial charge in [0.25, 0.3) is 0 Å². The van der Waals surface area contributed by atoms with Crippen LogP contribution in [0.1, 0.15) is 45.7 Å². The molecule has 0 spiro atoms. The molecular weight excluding hydrogens is 372 g/mol. The molecule has 0 N–H and O–H groups in total. The molecule has 1 heterocycles. The second-order valence-electron chi connectivity index (χ2n) is 8.49. The Bertz CT molecular complexity index is 746. The lowest BCUT2D eigenvalue weighted by atomic mass is 10.0. The molecule has 0 saturated heterocycles. The average Bonchev–Trinajstić information content (AvgIpc) is 2.77. The monoisotopic (exact) mass is 410 g/mol. The van der Waals surface area contributed by atoms with Crippen LogP contribution >= 0.6 is 0 Å². The number of benzene rings is 2. The van der Waals surface area contributed by atoms with Crippen LogP contribution in [0, 0.1) is 5.92 Å². The Morgan fingerprint density at radius 1 is 1.03 bits per heavy atom. The predicted octanol–water partition coefficient (Wildman–Crippen LogP) is 5.40. The van der Waals surface area contributed by atoms with Gasteiger partial charge < -0.3 is 14.4 Å². The highest BCUT2D eigenvalue weighted by Crippen LogP contribution is 2.39. The molecule has 1 aliphatic rings. The molecule has 0 saturated carbocycles. The van der Waals surface area contributed by atoms with Crippen molar-refractivity contribution in [2.45, 2.75) is 46.2 Å². The second-order valence-corrected chi connectivity index (χ2v) is 8.49. The van der Waals surface area contributed by atoms with E-state index in [-0.39, 0.29) is 6.04 Å². The van der Waals surface area contributed by atoms with Gasteiger partial charge in [-0.2, -0.15) is 0 Å². The average molecular weight is 411 g/mol. The smallest absolute Gasteiger partial charge is 0.142 e. The van der Waals surface area contributed by atoms with Gasteiger partial charge in [0.1, 0.15) is 12.4 Å². The molecule has 30 heavy (non-hydrogen) atoms. The third-order valence-electron chi connectivity index (χ3n) is 6.02. The fourth-order valence-electron chi connectivity index (χ4n) is 4.20. The summed E-state index contributed by atoms with van der Waals surface area (Å²) in [6.07, 6.45) is 1.11. The van der Waals surface area contributed by atoms with Crippen molar-refractivity contribution >= 4 is 5.69 Å². The van der Waals surface area contributed by atoms with Crippen molar-refractivity contribution in [3.63, 3.8) is 0 Å². The van der Waals surface area contributed by atoms with E-state index in [4.69, 9.17) is 9.47 Å². The zero-order chi connectivity index (χ0) is 21.3. The van der Waals surface area contributed by atoms with Gasteiger partial charge >= 0.3 is 0 Å². The van der Waals surface area contributed by atoms with Crippen LogP contribution in [0.15, 0.2) is 54.6 Å². The van der Waals surface area contributed by atoms with Gasteiger partial charge in [0, 0.05) is 13.2 Å². The van der Waals surface area contributed by atoms with Crippen molar-refractivity contribution in [3.8, 4) is 5.75 Å². The largest absolute Gasteiger partial charge is 0.489 e. The van der Waals surface area contributed by atoms with Gasteiger partial charge in [-0.15, -0.1) is 0 Å². The van der Waals surface area contributed by atoms with Crippen molar-refractivity contribution in [2.75, 3.05) is 44.4 Å². The third kappa shape index (κ3) is 5.77. The van der Waals surface area contributed by atoms with Crippen molar-refractivity contribution in [1.29, 1.82) is 0 Å². The maximum absolute atomic E-state index is 6.16. The Labute approximate surface area is 182 Å². The van der Waals surface area contributed by atoms with E-state index in [2.05, 4.69) is 92.1 Å². The van der Waals surface area contributed by atoms with Gasteiger partial charge in [-0.3, -0.25) is 4.90 Å². The predicted molar refractivity (Wildman–Crippen MR) is 125 cm³/mol. The van der Waals surface area contributed by atoms with E-state index in [1.807, 2.05) is 0 Å². The van der Waals surface area contributed by atoms with Crippen LogP contribution in [0.25, 0.3) is 0 Å². The Balaban J connectivity index is 1.84. The lowest BCUT2D eigenvalue weighted by Crippen LogP contribution is -2.49. The van der Waals surface area contributed by atoms with Gasteiger partial charge in [0.15, 0.2) is 0 Å². The standard InChI is InChI=1S/C26H38N2O2/c1-5-27(6-2)23(19-29-17-16-21(3)4)18-28-24-14-10-11-15-26(24)30-20-25(28)22-12-8-7-9-13-22/h7-15,21,23,25H,5-6,16-20H2,1-4H3. The molecule has 0 fully saturated rings. The first-order valence-corrected chi connectivity index (χ1v) is 11.5. The molecule has 0 aliphatic carbocycles. The number of hydrogen-bond acceptors (Lipinski definition) is 4. The summed E-state index contributed by atoms with van der Waals surface area (Å²) in [5, 5.41) is 0. The molecule has 164 valence electrons. The molecule has 3 rings (SSSR count). The van der Waals surface area contributed by atoms with Crippen molar-refractivity contribution in [1.82, 2.24) is 4.90 Å². The summed E-state index contributed by atoms with van der Waals surface area (Å²) in [6.45, 7) is 14.2. The highest BCUT2D eigenvalue weighted by atomic mass is 16.5. The van der Waals surface area contributed by atoms with Crippen LogP contribution in [0.4, 0.5) is 5.69 Å². The molecule has 2 aromatic carbocycles. The fourth-order valence-corrected chi connectivity index (χ4v) is 4.20. The zero-order valence-corrected chi connectivity index (χ0v) is 19.1. The number of hydrogen-bond donors (Lipinski definition) is 0. The van der Waals surface area contributed by atoms with Crippen LogP contribution in [-0.2, 0) is 4.74 Å². The number of likely N-dealkylation sites (N-methyl/N-ethyl adjacent to an activating group) is 1. The Morgan fingerprint density at radius 2 is 1.73 bits per heavy atom. The molecule has 0 aromatic heterocycles. The molecule has 0 bridgehead atoms. The van der Waals surface area contributed by atoms with E-state index in [1.165, 1.54) is 11.3 Å². The molecule has 4 heteroatoms. The SMILES string of the molecule is CCN(CC)C(COCCC(C)C)CN1c2ccccc2OCC1c1ccccc1. The summed E-state index contributed by atoms with van der Waals surface area (Å²) in [7, 11) is 0. The van der Waals surface area contributed by atoms with Crippen molar-refractivity contribution < 1.29 is 9.47 Å². The summed E-state index contributed by atoms with van der Waals surface area (Å²) in [4.78, 5) is 5.05. The molecule has 2 aromatic rings. The molecule has 2 atom stereocenters. The van der Waals surface area contributed by atoms with Crippen molar-refractivity contribution in [2.24, 2.45) is 5.92 Å². The first kappa shape index (κ1) is 22.6. The Kier molecular flexibility index (Phi) is 8.59. The van der Waals surface area contributed by atoms with Gasteiger partial charge in [0.05, 0.1) is 24.4 Å². The van der Waals surface area contributed by atoms with Crippen molar-refractivity contribution in [3.05, 3.63) is 60.2 Å². The van der Waals surface area contributed by atoms with E-state index in [0.717, 1.165) is 45.0 Å². The van der Waals surface area contributed by atoms with Crippen LogP contribution in [0.2, 0.25) is 0 Å². The Morgan fingerprint density at radius 3 is 2.43 bits per heavy atom. The highest BCUT2D eigenvalue weighted by Gasteiger charge is 2.31. The van der Waals surface area contributed by atoms with Crippen LogP contribution in [-0.4, -0.2) is 50.4 Å². The maximum Gasteiger partial charge on any atom is 0.142 e. The number of ether oxygens (including phenoxy) is 2. The minimum atomic E-state index is 0.204. The lowest BCUT2D eigenvalue weighted by Gasteiger charge is -2.42. The quantitative estimate of drug-likeness (QED) is 0.463. The minimum absolute atomic E-state index is 0.204. The van der Waals surface area contributed by atoms with Gasteiger partial charge in [-0.1, -0.05) is 70.2 Å². The van der Waals surface area contributed by atoms with E-state index in [9.17, 15) is 0 Å². The molecule has 0 radical (unpaired) electrons. The number of anilines is 1. The summed E-state index contributed by atoms with van der Waals surface area (Å²) in [5.41, 5.74) is 2.47. The topological polar surface area (TPSA) is 24.9 Å². The zero-order valence-electron chi connectivity index (χ0n) is 19.1. The molecule has 4 nitrogen and oxygen atoms in total. The maximum atomic E-state index is 6.16. The van der Waals surface area contributed by atoms with Gasteiger partial charge in [-0.05, 0) is 43.1 Å². The van der Waals surface area contributed by atoms with Crippen LogP contribution in [0.3, 0.4) is 0 Å². The summed E-state index contributed by atoms with van der Waals surface area (Å²) < 4.78 is 12.3. The van der Waals surface area contributed by atoms with E-state index in [1.54, 1.807) is 0 Å². The number of rotatable bonds is 11. The Hall–Kier alpha value is -2.04. The number of fused-ring (bicyclic) bond motifs is 1. The first-order valence-electron chi connectivity index (χ1n) is 11.5. The lowest BCUT2D eigenvalue weighted by molar-refractivity contribution is 0.0587. The normalized spacial score (nSPS) is 17.1. The summed E-state index contributed by atoms with van der Waals surface area (Å²) >= 11 is 0. The van der Waals surface area contributed by atoms with Gasteiger partial charge in [0.2, 0.25) is 0 Å². The highest BCUT2D eigenvalue weighted by molar-refractivity contribution is 5.61. The van der Waals surface area contributed by atoms with E-state index in [0.29, 0.717) is 18.6 Å². The number of para-hydroxylation sites is 2. The number of nitrogens with zero attached hydrogens (tertiary/aromatic N) is 2. The molecule has 1 aliphatic heterocycles. The van der Waals surface area contributed by atoms with Crippen LogP contribution < -0.4 is 9.64 Å². The molecule has 2 unspecified atom stereocenters. The molecular formula is C26H38N2O2. The first-order chi connectivity index (χ1) is 14.6. The molecule has 0 amide bonds. The summed E-state index contributed by atoms with van der Waals surface area (Å²) in [6, 6.07) is 19.7. The van der Waals surface area contributed by atoms with Crippen LogP contribution in [0.5, 0.6) is 5.75 Å². The summed E-state index contributed by atoms with van der Waals surface area (Å²) in [5.74, 6) is 1.65. The minimum Gasteiger partial charge on any atom is -0.489 e.